The van der Waals surface area contributed by atoms with Gasteiger partial charge in [0, 0.05) is 6.42 Å². The molecule has 0 aliphatic rings. The fourth-order valence-corrected chi connectivity index (χ4v) is 2.07. The summed E-state index contributed by atoms with van der Waals surface area (Å²) in [6.45, 7) is 10.0. The first-order valence-corrected chi connectivity index (χ1v) is 8.40. The van der Waals surface area contributed by atoms with E-state index in [1.165, 1.54) is 44.9 Å². The highest BCUT2D eigenvalue weighted by Crippen LogP contribution is 2.20. The Labute approximate surface area is 131 Å². The summed E-state index contributed by atoms with van der Waals surface area (Å²) < 4.78 is 5.66. The van der Waals surface area contributed by atoms with Gasteiger partial charge < -0.3 is 15.6 Å². The van der Waals surface area contributed by atoms with Crippen molar-refractivity contribution in [3.63, 3.8) is 0 Å². The Morgan fingerprint density at radius 1 is 1.10 bits per heavy atom. The molecular weight excluding hydrogens is 266 g/mol. The predicted octanol–water partition coefficient (Wildman–Crippen LogP) is 4.71. The highest BCUT2D eigenvalue weighted by Gasteiger charge is 2.19. The van der Waals surface area contributed by atoms with E-state index in [9.17, 15) is 4.79 Å². The third-order valence-corrected chi connectivity index (χ3v) is 3.19. The number of aliphatic carboxylic acids is 1. The van der Waals surface area contributed by atoms with Gasteiger partial charge in [0.2, 0.25) is 0 Å². The molecule has 0 radical (unpaired) electrons. The Morgan fingerprint density at radius 3 is 1.90 bits per heavy atom. The number of carboxylic acid groups (broad SMARTS) is 1. The Balaban J connectivity index is 0. The SMILES string of the molecule is CCC(=O)O.CCCCCCCCCC(C)(C)OC(C)N. The molecule has 128 valence electrons. The monoisotopic (exact) mass is 303 g/mol. The van der Waals surface area contributed by atoms with Crippen molar-refractivity contribution in [1.29, 1.82) is 0 Å². The molecule has 0 aromatic carbocycles. The number of nitrogens with two attached hydrogens (primary N) is 1. The molecule has 0 fully saturated rings. The zero-order valence-corrected chi connectivity index (χ0v) is 14.8. The quantitative estimate of drug-likeness (QED) is 0.428. The van der Waals surface area contributed by atoms with Crippen LogP contribution in [0.15, 0.2) is 0 Å². The van der Waals surface area contributed by atoms with Gasteiger partial charge in [0.1, 0.15) is 6.23 Å². The van der Waals surface area contributed by atoms with E-state index < -0.39 is 5.97 Å². The van der Waals surface area contributed by atoms with Crippen LogP contribution >= 0.6 is 0 Å². The number of carboxylic acids is 1. The molecule has 0 heterocycles. The van der Waals surface area contributed by atoms with Gasteiger partial charge in [-0.3, -0.25) is 4.79 Å². The van der Waals surface area contributed by atoms with Gasteiger partial charge in [0.05, 0.1) is 5.60 Å². The van der Waals surface area contributed by atoms with E-state index in [1.807, 2.05) is 6.92 Å². The summed E-state index contributed by atoms with van der Waals surface area (Å²) in [4.78, 5) is 9.37. The molecule has 0 aliphatic heterocycles. The van der Waals surface area contributed by atoms with Gasteiger partial charge in [-0.15, -0.1) is 0 Å². The number of ether oxygens (including phenoxy) is 1. The summed E-state index contributed by atoms with van der Waals surface area (Å²) in [6.07, 6.45) is 10.6. The molecule has 0 aromatic rings. The van der Waals surface area contributed by atoms with Gasteiger partial charge in [-0.2, -0.15) is 0 Å². The minimum atomic E-state index is -0.745. The van der Waals surface area contributed by atoms with E-state index in [0.717, 1.165) is 6.42 Å². The van der Waals surface area contributed by atoms with Crippen molar-refractivity contribution < 1.29 is 14.6 Å². The Bertz CT molecular complexity index is 240. The molecule has 0 saturated carbocycles. The zero-order valence-electron chi connectivity index (χ0n) is 14.8. The predicted molar refractivity (Wildman–Crippen MR) is 89.4 cm³/mol. The molecule has 0 bridgehead atoms. The summed E-state index contributed by atoms with van der Waals surface area (Å²) in [5.41, 5.74) is 5.58. The average molecular weight is 303 g/mol. The van der Waals surface area contributed by atoms with Gasteiger partial charge in [0.15, 0.2) is 0 Å². The molecule has 0 rings (SSSR count). The van der Waals surface area contributed by atoms with Gasteiger partial charge in [-0.05, 0) is 27.2 Å². The normalized spacial score (nSPS) is 12.5. The number of rotatable bonds is 11. The second-order valence-corrected chi connectivity index (χ2v) is 6.20. The van der Waals surface area contributed by atoms with Crippen LogP contribution in [0.25, 0.3) is 0 Å². The largest absolute Gasteiger partial charge is 0.481 e. The lowest BCUT2D eigenvalue weighted by Gasteiger charge is -2.27. The molecule has 4 nitrogen and oxygen atoms in total. The number of unbranched alkanes of at least 4 members (excludes halogenated alkanes) is 6. The first kappa shape index (κ1) is 22.7. The standard InChI is InChI=1S/C14H31NO.C3H6O2/c1-5-6-7-8-9-10-11-12-14(3,4)16-13(2)15;1-2-3(4)5/h13H,5-12,15H2,1-4H3;2H2,1H3,(H,4,5). The third kappa shape index (κ3) is 21.8. The van der Waals surface area contributed by atoms with Crippen LogP contribution in [-0.2, 0) is 9.53 Å². The zero-order chi connectivity index (χ0) is 16.7. The molecular formula is C17H37NO3. The lowest BCUT2D eigenvalue weighted by Crippen LogP contribution is -2.33. The van der Waals surface area contributed by atoms with Gasteiger partial charge >= 0.3 is 5.97 Å². The maximum atomic E-state index is 9.37. The maximum Gasteiger partial charge on any atom is 0.303 e. The van der Waals surface area contributed by atoms with Crippen LogP contribution in [0.5, 0.6) is 0 Å². The number of carbonyl (C=O) groups is 1. The van der Waals surface area contributed by atoms with Crippen LogP contribution in [0, 0.1) is 0 Å². The second kappa shape index (κ2) is 14.3. The van der Waals surface area contributed by atoms with E-state index in [0.29, 0.717) is 0 Å². The molecule has 0 amide bonds. The molecule has 4 heteroatoms. The van der Waals surface area contributed by atoms with Crippen molar-refractivity contribution in [2.24, 2.45) is 5.73 Å². The molecule has 0 aliphatic carbocycles. The second-order valence-electron chi connectivity index (χ2n) is 6.20. The van der Waals surface area contributed by atoms with Crippen LogP contribution < -0.4 is 5.73 Å². The van der Waals surface area contributed by atoms with Crippen molar-refractivity contribution in [3.05, 3.63) is 0 Å². The Morgan fingerprint density at radius 2 is 1.52 bits per heavy atom. The van der Waals surface area contributed by atoms with Crippen LogP contribution in [0.3, 0.4) is 0 Å². The molecule has 1 atom stereocenters. The lowest BCUT2D eigenvalue weighted by molar-refractivity contribution is -0.136. The molecule has 0 spiro atoms. The first-order valence-electron chi connectivity index (χ1n) is 8.40. The van der Waals surface area contributed by atoms with Crippen molar-refractivity contribution >= 4 is 5.97 Å². The summed E-state index contributed by atoms with van der Waals surface area (Å²) >= 11 is 0. The van der Waals surface area contributed by atoms with Gasteiger partial charge in [-0.25, -0.2) is 0 Å². The first-order chi connectivity index (χ1) is 9.75. The van der Waals surface area contributed by atoms with Crippen molar-refractivity contribution in [1.82, 2.24) is 0 Å². The van der Waals surface area contributed by atoms with Crippen LogP contribution in [-0.4, -0.2) is 22.9 Å². The van der Waals surface area contributed by atoms with E-state index in [1.54, 1.807) is 6.92 Å². The minimum Gasteiger partial charge on any atom is -0.481 e. The smallest absolute Gasteiger partial charge is 0.303 e. The van der Waals surface area contributed by atoms with E-state index >= 15 is 0 Å². The van der Waals surface area contributed by atoms with Crippen molar-refractivity contribution in [2.75, 3.05) is 0 Å². The summed E-state index contributed by atoms with van der Waals surface area (Å²) in [5.74, 6) is -0.745. The van der Waals surface area contributed by atoms with Crippen LogP contribution in [0.4, 0.5) is 0 Å². The number of hydrogen-bond donors (Lipinski definition) is 2. The fraction of sp³-hybridized carbons (Fsp3) is 0.941. The van der Waals surface area contributed by atoms with E-state index in [4.69, 9.17) is 15.6 Å². The molecule has 1 unspecified atom stereocenters. The summed E-state index contributed by atoms with van der Waals surface area (Å²) in [7, 11) is 0. The van der Waals surface area contributed by atoms with Crippen molar-refractivity contribution in [2.45, 2.75) is 104 Å². The Hall–Kier alpha value is -0.610. The Kier molecular flexibility index (Phi) is 15.5. The van der Waals surface area contributed by atoms with Gasteiger partial charge in [-0.1, -0.05) is 58.8 Å². The summed E-state index contributed by atoms with van der Waals surface area (Å²) in [5, 5.41) is 7.72. The topological polar surface area (TPSA) is 72.5 Å². The van der Waals surface area contributed by atoms with E-state index in [-0.39, 0.29) is 18.2 Å². The van der Waals surface area contributed by atoms with Crippen molar-refractivity contribution in [3.8, 4) is 0 Å². The minimum absolute atomic E-state index is 0.0580. The highest BCUT2D eigenvalue weighted by molar-refractivity contribution is 5.66. The molecule has 0 saturated heterocycles. The number of hydrogen-bond acceptors (Lipinski definition) is 3. The molecule has 21 heavy (non-hydrogen) atoms. The van der Waals surface area contributed by atoms with E-state index in [2.05, 4.69) is 20.8 Å². The fourth-order valence-electron chi connectivity index (χ4n) is 2.07. The van der Waals surface area contributed by atoms with Crippen LogP contribution in [0.1, 0.15) is 92.4 Å². The van der Waals surface area contributed by atoms with Crippen LogP contribution in [0.2, 0.25) is 0 Å². The molecule has 3 N–H and O–H groups in total. The third-order valence-electron chi connectivity index (χ3n) is 3.19. The maximum absolute atomic E-state index is 9.37. The molecule has 0 aromatic heterocycles. The lowest BCUT2D eigenvalue weighted by atomic mass is 9.99. The highest BCUT2D eigenvalue weighted by atomic mass is 16.5. The summed E-state index contributed by atoms with van der Waals surface area (Å²) in [6, 6.07) is 0. The average Bonchev–Trinajstić information content (AvgIpc) is 2.36. The van der Waals surface area contributed by atoms with Gasteiger partial charge in [0.25, 0.3) is 0 Å².